The Bertz CT molecular complexity index is 383. The van der Waals surface area contributed by atoms with Crippen LogP contribution in [0, 0.1) is 0 Å². The number of thioether (sulfide) groups is 1. The van der Waals surface area contributed by atoms with Crippen LogP contribution < -0.4 is 4.74 Å². The van der Waals surface area contributed by atoms with E-state index in [0.717, 1.165) is 0 Å². The van der Waals surface area contributed by atoms with Crippen LogP contribution in [0.15, 0.2) is 24.3 Å². The van der Waals surface area contributed by atoms with Crippen molar-refractivity contribution in [3.63, 3.8) is 0 Å². The summed E-state index contributed by atoms with van der Waals surface area (Å²) >= 11 is 1.42. The number of benzene rings is 1. The van der Waals surface area contributed by atoms with Crippen LogP contribution in [0.2, 0.25) is 0 Å². The van der Waals surface area contributed by atoms with Gasteiger partial charge in [0, 0.05) is 20.4 Å². The third-order valence-corrected chi connectivity index (χ3v) is 2.09. The molecule has 0 atom stereocenters. The Labute approximate surface area is 143 Å². The Morgan fingerprint density at radius 3 is 2.29 bits per heavy atom. The summed E-state index contributed by atoms with van der Waals surface area (Å²) in [7, 11) is 0. The SMILES string of the molecule is CCC.CSCOC(=O)c1ccc(OCO[C-]=O)cc1.[Re]. The van der Waals surface area contributed by atoms with Crippen LogP contribution in [0.25, 0.3) is 0 Å². The van der Waals surface area contributed by atoms with Gasteiger partial charge >= 0.3 is 5.97 Å². The van der Waals surface area contributed by atoms with E-state index in [-0.39, 0.29) is 33.2 Å². The number of hydrogen-bond acceptors (Lipinski definition) is 6. The zero-order valence-corrected chi connectivity index (χ0v) is 15.8. The van der Waals surface area contributed by atoms with Crippen LogP contribution in [-0.4, -0.2) is 31.4 Å². The summed E-state index contributed by atoms with van der Waals surface area (Å²) in [5.41, 5.74) is 0.439. The quantitative estimate of drug-likeness (QED) is 0.256. The molecule has 0 heterocycles. The van der Waals surface area contributed by atoms with E-state index in [2.05, 4.69) is 18.6 Å². The van der Waals surface area contributed by atoms with Gasteiger partial charge in [-0.3, -0.25) is 0 Å². The Hall–Kier alpha value is -1.03. The molecule has 0 bridgehead atoms. The van der Waals surface area contributed by atoms with Crippen LogP contribution in [-0.2, 0) is 34.7 Å². The first-order valence-electron chi connectivity index (χ1n) is 6.07. The molecule has 7 heteroatoms. The molecule has 0 fully saturated rings. The molecule has 0 amide bonds. The van der Waals surface area contributed by atoms with Gasteiger partial charge in [0.2, 0.25) is 0 Å². The summed E-state index contributed by atoms with van der Waals surface area (Å²) < 4.78 is 14.2. The maximum atomic E-state index is 11.4. The molecule has 1 radical (unpaired) electrons. The monoisotopic (exact) mass is 486 g/mol. The molecule has 0 aliphatic rings. The van der Waals surface area contributed by atoms with Crippen LogP contribution >= 0.6 is 11.8 Å². The first-order chi connectivity index (χ1) is 9.69. The average Bonchev–Trinajstić information content (AvgIpc) is 2.46. The van der Waals surface area contributed by atoms with Gasteiger partial charge in [-0.2, -0.15) is 0 Å². The normalized spacial score (nSPS) is 8.52. The molecule has 1 aromatic rings. The smallest absolute Gasteiger partial charge is 0.338 e. The molecule has 0 saturated heterocycles. The van der Waals surface area contributed by atoms with Crippen LogP contribution in [0.5, 0.6) is 5.75 Å². The largest absolute Gasteiger partial charge is 0.626 e. The van der Waals surface area contributed by atoms with Gasteiger partial charge in [-0.05, 0) is 30.5 Å². The van der Waals surface area contributed by atoms with E-state index in [1.54, 1.807) is 24.3 Å². The van der Waals surface area contributed by atoms with Crippen molar-refractivity contribution in [1.82, 2.24) is 0 Å². The third kappa shape index (κ3) is 11.3. The van der Waals surface area contributed by atoms with E-state index in [1.807, 2.05) is 6.26 Å². The first kappa shape index (κ1) is 22.3. The summed E-state index contributed by atoms with van der Waals surface area (Å²) in [4.78, 5) is 21.2. The molecule has 1 aromatic carbocycles. The number of carbonyl (C=O) groups is 1. The van der Waals surface area contributed by atoms with Gasteiger partial charge in [0.05, 0.1) is 5.56 Å². The van der Waals surface area contributed by atoms with Gasteiger partial charge in [0.25, 0.3) is 0 Å². The van der Waals surface area contributed by atoms with Crippen LogP contribution in [0.3, 0.4) is 0 Å². The molecule has 0 aliphatic carbocycles. The van der Waals surface area contributed by atoms with Gasteiger partial charge in [0.1, 0.15) is 11.7 Å². The Balaban J connectivity index is 0. The number of ether oxygens (including phenoxy) is 3. The predicted molar refractivity (Wildman–Crippen MR) is 78.5 cm³/mol. The van der Waals surface area contributed by atoms with E-state index in [9.17, 15) is 9.59 Å². The molecular formula is C14H19O5ReS-. The zero-order chi connectivity index (χ0) is 15.2. The van der Waals surface area contributed by atoms with Crippen molar-refractivity contribution in [3.8, 4) is 5.75 Å². The number of rotatable bonds is 7. The molecule has 21 heavy (non-hydrogen) atoms. The van der Waals surface area contributed by atoms with Crippen molar-refractivity contribution in [1.29, 1.82) is 0 Å². The van der Waals surface area contributed by atoms with E-state index in [0.29, 0.717) is 17.3 Å². The van der Waals surface area contributed by atoms with Crippen molar-refractivity contribution in [3.05, 3.63) is 29.8 Å². The Morgan fingerprint density at radius 1 is 1.24 bits per heavy atom. The van der Waals surface area contributed by atoms with E-state index < -0.39 is 0 Å². The number of carbonyl (C=O) groups excluding carboxylic acids is 2. The average molecular weight is 486 g/mol. The number of esters is 1. The fourth-order valence-corrected chi connectivity index (χ4v) is 1.23. The van der Waals surface area contributed by atoms with Crippen molar-refractivity contribution in [2.45, 2.75) is 20.3 Å². The Morgan fingerprint density at radius 2 is 1.81 bits per heavy atom. The van der Waals surface area contributed by atoms with E-state index in [1.165, 1.54) is 24.7 Å². The van der Waals surface area contributed by atoms with Crippen LogP contribution in [0.4, 0.5) is 0 Å². The van der Waals surface area contributed by atoms with Crippen LogP contribution in [0.1, 0.15) is 30.6 Å². The minimum absolute atomic E-state index is 0. The standard InChI is InChI=1S/C11H11O5S.C3H8.Re/c1-17-8-16-11(13)9-2-4-10(5-3-9)15-7-14-6-12;1-3-2;/h2-5H,7-8H2,1H3;3H2,1-2H3;/q-1;;. The van der Waals surface area contributed by atoms with Gasteiger partial charge in [-0.25, -0.2) is 4.79 Å². The Kier molecular flexibility index (Phi) is 16.3. The minimum atomic E-state index is -0.386. The molecule has 1 rings (SSSR count). The number of hydrogen-bond donors (Lipinski definition) is 0. The van der Waals surface area contributed by atoms with Crippen molar-refractivity contribution in [2.24, 2.45) is 0 Å². The van der Waals surface area contributed by atoms with Gasteiger partial charge in [-0.1, -0.05) is 26.7 Å². The molecule has 0 spiro atoms. The summed E-state index contributed by atoms with van der Waals surface area (Å²) in [6, 6.07) is 6.32. The second kappa shape index (κ2) is 15.4. The molecule has 0 aromatic heterocycles. The van der Waals surface area contributed by atoms with Crippen molar-refractivity contribution in [2.75, 3.05) is 19.0 Å². The summed E-state index contributed by atoms with van der Waals surface area (Å²) in [6.45, 7) is 5.28. The molecule has 0 N–H and O–H groups in total. The van der Waals surface area contributed by atoms with Gasteiger partial charge in [0.15, 0.2) is 6.79 Å². The van der Waals surface area contributed by atoms with Crippen molar-refractivity contribution >= 4 is 24.2 Å². The molecule has 0 saturated carbocycles. The van der Waals surface area contributed by atoms with Gasteiger partial charge < -0.3 is 19.0 Å². The fourth-order valence-electron chi connectivity index (χ4n) is 1.00. The third-order valence-electron chi connectivity index (χ3n) is 1.74. The molecule has 0 aliphatic heterocycles. The molecule has 5 nitrogen and oxygen atoms in total. The second-order valence-electron chi connectivity index (χ2n) is 3.56. The first-order valence-corrected chi connectivity index (χ1v) is 7.46. The summed E-state index contributed by atoms with van der Waals surface area (Å²) in [5.74, 6) is 0.421. The molecule has 0 unspecified atom stereocenters. The molecular weight excluding hydrogens is 466 g/mol. The zero-order valence-electron chi connectivity index (χ0n) is 12.3. The minimum Gasteiger partial charge on any atom is -0.626 e. The summed E-state index contributed by atoms with van der Waals surface area (Å²) in [5, 5.41) is 0. The van der Waals surface area contributed by atoms with Gasteiger partial charge in [-0.15, -0.1) is 11.8 Å². The van der Waals surface area contributed by atoms with E-state index >= 15 is 0 Å². The van der Waals surface area contributed by atoms with E-state index in [4.69, 9.17) is 9.47 Å². The van der Waals surface area contributed by atoms with Crippen molar-refractivity contribution < 1.29 is 44.2 Å². The summed E-state index contributed by atoms with van der Waals surface area (Å²) in [6.07, 6.45) is 3.09. The predicted octanol–water partition coefficient (Wildman–Crippen LogP) is 3.00. The maximum Gasteiger partial charge on any atom is 0.338 e. The topological polar surface area (TPSA) is 61.8 Å². The fraction of sp³-hybridized carbons (Fsp3) is 0.429. The maximum absolute atomic E-state index is 11.4. The second-order valence-corrected chi connectivity index (χ2v) is 4.37. The molecule has 119 valence electrons.